The Morgan fingerprint density at radius 3 is 2.66 bits per heavy atom. The summed E-state index contributed by atoms with van der Waals surface area (Å²) in [5.41, 5.74) is 11.3. The fourth-order valence-electron chi connectivity index (χ4n) is 5.18. The van der Waals surface area contributed by atoms with E-state index in [0.717, 1.165) is 36.9 Å². The average Bonchev–Trinajstić information content (AvgIpc) is 3.15. The lowest BCUT2D eigenvalue weighted by Crippen LogP contribution is -2.21. The first kappa shape index (κ1) is 25.3. The lowest BCUT2D eigenvalue weighted by Gasteiger charge is -2.24. The van der Waals surface area contributed by atoms with Crippen molar-refractivity contribution in [2.45, 2.75) is 63.8 Å². The topological polar surface area (TPSA) is 43.0 Å². The van der Waals surface area contributed by atoms with Crippen molar-refractivity contribution < 1.29 is 0 Å². The fourth-order valence-corrected chi connectivity index (χ4v) is 5.53. The summed E-state index contributed by atoms with van der Waals surface area (Å²) in [4.78, 5) is 0. The first-order chi connectivity index (χ1) is 15.2. The van der Waals surface area contributed by atoms with Crippen LogP contribution in [-0.4, -0.2) is 24.2 Å². The second-order valence-corrected chi connectivity index (χ2v) is 10.0. The predicted octanol–water partition coefficient (Wildman–Crippen LogP) is 7.10. The van der Waals surface area contributed by atoms with E-state index in [-0.39, 0.29) is 12.4 Å². The van der Waals surface area contributed by atoms with E-state index in [9.17, 15) is 0 Å². The second-order valence-electron chi connectivity index (χ2n) is 9.09. The molecular formula is C27H37BrClN3. The van der Waals surface area contributed by atoms with Crippen LogP contribution >= 0.6 is 28.3 Å². The van der Waals surface area contributed by atoms with E-state index >= 15 is 0 Å². The highest BCUT2D eigenvalue weighted by atomic mass is 79.9. The van der Waals surface area contributed by atoms with Crippen LogP contribution in [-0.2, 0) is 0 Å². The molecule has 0 spiro atoms. The van der Waals surface area contributed by atoms with Crippen molar-refractivity contribution in [3.63, 3.8) is 0 Å². The van der Waals surface area contributed by atoms with Gasteiger partial charge in [0, 0.05) is 33.5 Å². The minimum Gasteiger partial charge on any atom is -0.344 e. The minimum absolute atomic E-state index is 0. The van der Waals surface area contributed by atoms with Crippen LogP contribution in [0.2, 0.25) is 0 Å². The summed E-state index contributed by atoms with van der Waals surface area (Å²) in [6.45, 7) is 4.94. The molecule has 0 bridgehead atoms. The van der Waals surface area contributed by atoms with Gasteiger partial charge in [0.25, 0.3) is 0 Å². The molecule has 3 N–H and O–H groups in total. The SMILES string of the molecule is Cc1cccc(C(CCNCCCN)c2cn(C3CCCCC3)c3cc(Br)ccc23)c1.Cl. The zero-order valence-corrected chi connectivity index (χ0v) is 21.6. The summed E-state index contributed by atoms with van der Waals surface area (Å²) in [6, 6.07) is 16.5. The molecule has 0 aliphatic heterocycles. The number of nitrogens with zero attached hydrogens (tertiary/aromatic N) is 1. The number of nitrogens with one attached hydrogen (secondary N) is 1. The average molecular weight is 519 g/mol. The Morgan fingerprint density at radius 2 is 1.91 bits per heavy atom. The molecule has 1 aliphatic rings. The van der Waals surface area contributed by atoms with Crippen LogP contribution in [0, 0.1) is 6.92 Å². The molecule has 1 fully saturated rings. The molecule has 1 aliphatic carbocycles. The molecule has 3 nitrogen and oxygen atoms in total. The Morgan fingerprint density at radius 1 is 1.09 bits per heavy atom. The molecule has 3 aromatic rings. The van der Waals surface area contributed by atoms with E-state index in [1.165, 1.54) is 59.7 Å². The van der Waals surface area contributed by atoms with Gasteiger partial charge in [-0.25, -0.2) is 0 Å². The molecule has 1 atom stereocenters. The van der Waals surface area contributed by atoms with Crippen molar-refractivity contribution >= 4 is 39.2 Å². The lowest BCUT2D eigenvalue weighted by atomic mass is 9.87. The number of rotatable bonds is 9. The van der Waals surface area contributed by atoms with Gasteiger partial charge >= 0.3 is 0 Å². The Balaban J connectivity index is 0.00000289. The largest absolute Gasteiger partial charge is 0.344 e. The third-order valence-corrected chi connectivity index (χ3v) is 7.28. The Kier molecular flexibility index (Phi) is 9.66. The van der Waals surface area contributed by atoms with Gasteiger partial charge in [-0.3, -0.25) is 0 Å². The number of aryl methyl sites for hydroxylation is 1. The van der Waals surface area contributed by atoms with Gasteiger partial charge in [-0.2, -0.15) is 0 Å². The zero-order valence-electron chi connectivity index (χ0n) is 19.2. The summed E-state index contributed by atoms with van der Waals surface area (Å²) in [7, 11) is 0. The van der Waals surface area contributed by atoms with E-state index in [0.29, 0.717) is 12.0 Å². The van der Waals surface area contributed by atoms with Crippen LogP contribution in [0.25, 0.3) is 10.9 Å². The van der Waals surface area contributed by atoms with Crippen LogP contribution in [0.1, 0.15) is 73.6 Å². The van der Waals surface area contributed by atoms with Gasteiger partial charge in [-0.15, -0.1) is 12.4 Å². The molecule has 1 aromatic heterocycles. The van der Waals surface area contributed by atoms with Crippen molar-refractivity contribution in [3.8, 4) is 0 Å². The molecule has 174 valence electrons. The molecule has 0 saturated heterocycles. The maximum Gasteiger partial charge on any atom is 0.0497 e. The number of hydrogen-bond donors (Lipinski definition) is 2. The summed E-state index contributed by atoms with van der Waals surface area (Å²) < 4.78 is 3.76. The number of hydrogen-bond acceptors (Lipinski definition) is 2. The van der Waals surface area contributed by atoms with E-state index in [2.05, 4.69) is 81.4 Å². The van der Waals surface area contributed by atoms with Crippen LogP contribution < -0.4 is 11.1 Å². The van der Waals surface area contributed by atoms with Crippen LogP contribution in [0.15, 0.2) is 53.1 Å². The monoisotopic (exact) mass is 517 g/mol. The highest BCUT2D eigenvalue weighted by Gasteiger charge is 2.24. The third kappa shape index (κ3) is 5.96. The van der Waals surface area contributed by atoms with Gasteiger partial charge in [0.2, 0.25) is 0 Å². The molecule has 4 rings (SSSR count). The molecule has 1 saturated carbocycles. The first-order valence-electron chi connectivity index (χ1n) is 11.9. The molecule has 0 radical (unpaired) electrons. The summed E-state index contributed by atoms with van der Waals surface area (Å²) in [5, 5.41) is 5.01. The first-order valence-corrected chi connectivity index (χ1v) is 12.7. The van der Waals surface area contributed by atoms with E-state index in [1.807, 2.05) is 0 Å². The third-order valence-electron chi connectivity index (χ3n) is 6.78. The fraction of sp³-hybridized carbons (Fsp3) is 0.481. The standard InChI is InChI=1S/C27H36BrN3.ClH/c1-20-7-5-8-21(17-20)24(13-16-30-15-6-14-29)26-19-31(23-9-3-2-4-10-23)27-18-22(28)11-12-25(26)27;/h5,7-8,11-12,17-19,23-24,30H,2-4,6,9-10,13-16,29H2,1H3;1H. The Bertz CT molecular complexity index is 994. The van der Waals surface area contributed by atoms with E-state index in [1.54, 1.807) is 0 Å². The molecular weight excluding hydrogens is 482 g/mol. The maximum atomic E-state index is 5.67. The highest BCUT2D eigenvalue weighted by molar-refractivity contribution is 9.10. The van der Waals surface area contributed by atoms with Crippen molar-refractivity contribution in [2.75, 3.05) is 19.6 Å². The molecule has 1 unspecified atom stereocenters. The van der Waals surface area contributed by atoms with E-state index in [4.69, 9.17) is 5.73 Å². The maximum absolute atomic E-state index is 5.67. The molecule has 1 heterocycles. The van der Waals surface area contributed by atoms with Crippen molar-refractivity contribution in [1.82, 2.24) is 9.88 Å². The zero-order chi connectivity index (χ0) is 21.6. The molecule has 5 heteroatoms. The van der Waals surface area contributed by atoms with E-state index < -0.39 is 0 Å². The molecule has 2 aromatic carbocycles. The number of fused-ring (bicyclic) bond motifs is 1. The molecule has 0 amide bonds. The van der Waals surface area contributed by atoms with Gasteiger partial charge in [-0.1, -0.05) is 71.1 Å². The minimum atomic E-state index is 0. The normalized spacial score (nSPS) is 15.6. The molecule has 32 heavy (non-hydrogen) atoms. The van der Waals surface area contributed by atoms with Gasteiger partial charge in [-0.05, 0) is 75.5 Å². The number of halogens is 2. The number of benzene rings is 2. The lowest BCUT2D eigenvalue weighted by molar-refractivity contribution is 0.360. The van der Waals surface area contributed by atoms with Gasteiger partial charge in [0.15, 0.2) is 0 Å². The second kappa shape index (κ2) is 12.2. The van der Waals surface area contributed by atoms with Crippen LogP contribution in [0.4, 0.5) is 0 Å². The van der Waals surface area contributed by atoms with Crippen molar-refractivity contribution in [2.24, 2.45) is 5.73 Å². The highest BCUT2D eigenvalue weighted by Crippen LogP contribution is 2.39. The van der Waals surface area contributed by atoms with Crippen LogP contribution in [0.5, 0.6) is 0 Å². The quantitative estimate of drug-likeness (QED) is 0.297. The Hall–Kier alpha value is -1.33. The van der Waals surface area contributed by atoms with Crippen molar-refractivity contribution in [3.05, 3.63) is 69.8 Å². The van der Waals surface area contributed by atoms with Crippen LogP contribution in [0.3, 0.4) is 0 Å². The summed E-state index contributed by atoms with van der Waals surface area (Å²) in [5.74, 6) is 0.388. The smallest absolute Gasteiger partial charge is 0.0497 e. The Labute approximate surface area is 207 Å². The number of aromatic nitrogens is 1. The van der Waals surface area contributed by atoms with Gasteiger partial charge in [0.05, 0.1) is 0 Å². The van der Waals surface area contributed by atoms with Crippen molar-refractivity contribution in [1.29, 1.82) is 0 Å². The predicted molar refractivity (Wildman–Crippen MR) is 143 cm³/mol. The van der Waals surface area contributed by atoms with Gasteiger partial charge in [0.1, 0.15) is 0 Å². The number of nitrogens with two attached hydrogens (primary N) is 1. The summed E-state index contributed by atoms with van der Waals surface area (Å²) >= 11 is 3.72. The van der Waals surface area contributed by atoms with Gasteiger partial charge < -0.3 is 15.6 Å². The summed E-state index contributed by atoms with van der Waals surface area (Å²) in [6.07, 6.45) is 11.3.